The van der Waals surface area contributed by atoms with Crippen LogP contribution >= 0.6 is 11.6 Å². The highest BCUT2D eigenvalue weighted by molar-refractivity contribution is 6.30. The Morgan fingerprint density at radius 1 is 1.06 bits per heavy atom. The molecular weight excluding hydrogens is 484 g/mol. The molecule has 0 aliphatic rings. The number of fused-ring (bicyclic) bond motifs is 1. The average molecular weight is 507 g/mol. The fraction of sp³-hybridized carbons (Fsp3) is 0.154. The van der Waals surface area contributed by atoms with E-state index in [1.54, 1.807) is 60.7 Å². The van der Waals surface area contributed by atoms with Crippen LogP contribution in [0.15, 0.2) is 77.6 Å². The van der Waals surface area contributed by atoms with Crippen molar-refractivity contribution in [1.82, 2.24) is 9.55 Å². The summed E-state index contributed by atoms with van der Waals surface area (Å²) < 4.78 is 1.32. The smallest absolute Gasteiger partial charge is 0.319 e. The van der Waals surface area contributed by atoms with Crippen molar-refractivity contribution >= 4 is 40.2 Å². The molecule has 10 heteroatoms. The molecule has 0 spiro atoms. The van der Waals surface area contributed by atoms with Crippen LogP contribution in [0.5, 0.6) is 5.75 Å². The lowest BCUT2D eigenvalue weighted by Gasteiger charge is -2.28. The Kier molecular flexibility index (Phi) is 7.21. The number of amides is 2. The number of nitrogens with zero attached hydrogens (tertiary/aromatic N) is 3. The summed E-state index contributed by atoms with van der Waals surface area (Å²) in [7, 11) is 0. The van der Waals surface area contributed by atoms with Gasteiger partial charge in [-0.1, -0.05) is 41.9 Å². The highest BCUT2D eigenvalue weighted by Crippen LogP contribution is 2.30. The number of aromatic nitrogens is 2. The molecule has 0 fully saturated rings. The molecule has 1 unspecified atom stereocenters. The van der Waals surface area contributed by atoms with Crippen LogP contribution in [0.2, 0.25) is 5.02 Å². The largest absolute Gasteiger partial charge is 0.508 e. The lowest BCUT2D eigenvalue weighted by molar-refractivity contribution is -0.137. The number of carbonyl (C=O) groups is 2. The number of rotatable bonds is 8. The molecule has 1 heterocycles. The van der Waals surface area contributed by atoms with Crippen molar-refractivity contribution in [2.45, 2.75) is 18.9 Å². The van der Waals surface area contributed by atoms with Gasteiger partial charge in [-0.05, 0) is 42.0 Å². The second kappa shape index (κ2) is 10.5. The Hall–Kier alpha value is -4.37. The molecule has 184 valence electrons. The number of para-hydroxylation sites is 1. The van der Waals surface area contributed by atoms with Crippen LogP contribution in [0.3, 0.4) is 0 Å². The van der Waals surface area contributed by atoms with E-state index in [0.29, 0.717) is 27.2 Å². The number of primary amides is 1. The van der Waals surface area contributed by atoms with E-state index in [0.717, 1.165) is 0 Å². The number of nitrogens with two attached hydrogens (primary N) is 1. The molecule has 4 rings (SSSR count). The summed E-state index contributed by atoms with van der Waals surface area (Å²) >= 11 is 6.28. The number of anilines is 1. The van der Waals surface area contributed by atoms with Gasteiger partial charge in [-0.25, -0.2) is 9.78 Å². The average Bonchev–Trinajstić information content (AvgIpc) is 2.84. The molecule has 1 atom stereocenters. The van der Waals surface area contributed by atoms with Gasteiger partial charge in [-0.2, -0.15) is 0 Å². The molecule has 1 aromatic heterocycles. The molecule has 0 aliphatic carbocycles. The van der Waals surface area contributed by atoms with Crippen LogP contribution in [0.4, 0.5) is 10.5 Å². The summed E-state index contributed by atoms with van der Waals surface area (Å²) in [5.74, 6) is -1.59. The molecular formula is C26H23ClN4O5. The van der Waals surface area contributed by atoms with Crippen LogP contribution in [0.25, 0.3) is 10.9 Å². The summed E-state index contributed by atoms with van der Waals surface area (Å²) in [5.41, 5.74) is 6.74. The first-order chi connectivity index (χ1) is 17.2. The maximum absolute atomic E-state index is 13.5. The summed E-state index contributed by atoms with van der Waals surface area (Å²) in [6.45, 7) is -0.182. The second-order valence-electron chi connectivity index (χ2n) is 8.16. The molecule has 0 saturated heterocycles. The Morgan fingerprint density at radius 3 is 2.50 bits per heavy atom. The predicted octanol–water partition coefficient (Wildman–Crippen LogP) is 3.95. The first-order valence-electron chi connectivity index (χ1n) is 11.1. The summed E-state index contributed by atoms with van der Waals surface area (Å²) in [6, 6.07) is 18.9. The number of halogens is 1. The third-order valence-electron chi connectivity index (χ3n) is 5.78. The molecule has 4 aromatic rings. The SMILES string of the molecule is NC(=O)N(CC(c1cccc(Cl)c1)c1nc2ccccc2c(=O)n1CCC(=O)O)c1cccc(O)c1. The van der Waals surface area contributed by atoms with Crippen molar-refractivity contribution in [3.05, 3.63) is 99.6 Å². The second-order valence-corrected chi connectivity index (χ2v) is 8.60. The topological polar surface area (TPSA) is 139 Å². The Bertz CT molecular complexity index is 1500. The minimum Gasteiger partial charge on any atom is -0.508 e. The lowest BCUT2D eigenvalue weighted by atomic mass is 9.96. The monoisotopic (exact) mass is 506 g/mol. The quantitative estimate of drug-likeness (QED) is 0.331. The number of hydrogen-bond donors (Lipinski definition) is 3. The van der Waals surface area contributed by atoms with Crippen LogP contribution in [0, 0.1) is 0 Å². The number of urea groups is 1. The van der Waals surface area contributed by atoms with E-state index in [1.165, 1.54) is 21.6 Å². The number of phenols is 1. The van der Waals surface area contributed by atoms with E-state index >= 15 is 0 Å². The van der Waals surface area contributed by atoms with Crippen molar-refractivity contribution in [3.8, 4) is 5.75 Å². The number of benzene rings is 3. The number of aliphatic carboxylic acids is 1. The van der Waals surface area contributed by atoms with E-state index in [9.17, 15) is 24.6 Å². The number of carboxylic acids is 1. The van der Waals surface area contributed by atoms with Gasteiger partial charge >= 0.3 is 12.0 Å². The Morgan fingerprint density at radius 2 is 1.81 bits per heavy atom. The number of carboxylic acid groups (broad SMARTS) is 1. The summed E-state index contributed by atoms with van der Waals surface area (Å²) in [6.07, 6.45) is -0.304. The molecule has 2 amide bonds. The number of aromatic hydroxyl groups is 1. The lowest BCUT2D eigenvalue weighted by Crippen LogP contribution is -2.40. The Labute approximate surface area is 211 Å². The number of hydrogen-bond acceptors (Lipinski definition) is 5. The number of carbonyl (C=O) groups excluding carboxylic acids is 1. The van der Waals surface area contributed by atoms with Crippen molar-refractivity contribution in [2.24, 2.45) is 5.73 Å². The first-order valence-corrected chi connectivity index (χ1v) is 11.4. The predicted molar refractivity (Wildman–Crippen MR) is 137 cm³/mol. The van der Waals surface area contributed by atoms with Gasteiger partial charge in [-0.15, -0.1) is 0 Å². The van der Waals surface area contributed by atoms with Gasteiger partial charge in [0, 0.05) is 29.9 Å². The maximum atomic E-state index is 13.5. The molecule has 4 N–H and O–H groups in total. The van der Waals surface area contributed by atoms with Crippen LogP contribution in [-0.2, 0) is 11.3 Å². The molecule has 0 aliphatic heterocycles. The number of phenolic OH excluding ortho intramolecular Hbond substituents is 1. The zero-order valence-corrected chi connectivity index (χ0v) is 19.8. The van der Waals surface area contributed by atoms with E-state index in [-0.39, 0.29) is 31.1 Å². The van der Waals surface area contributed by atoms with Gasteiger partial charge in [0.05, 0.1) is 23.2 Å². The molecule has 36 heavy (non-hydrogen) atoms. The van der Waals surface area contributed by atoms with Crippen LogP contribution in [-0.4, -0.2) is 38.3 Å². The Balaban J connectivity index is 1.94. The fourth-order valence-corrected chi connectivity index (χ4v) is 4.30. The van der Waals surface area contributed by atoms with Gasteiger partial charge in [-0.3, -0.25) is 19.1 Å². The van der Waals surface area contributed by atoms with Gasteiger partial charge in [0.2, 0.25) is 0 Å². The maximum Gasteiger partial charge on any atom is 0.319 e. The minimum atomic E-state index is -1.07. The normalized spacial score (nSPS) is 11.8. The van der Waals surface area contributed by atoms with Gasteiger partial charge < -0.3 is 15.9 Å². The molecule has 0 radical (unpaired) electrons. The molecule has 0 saturated carbocycles. The van der Waals surface area contributed by atoms with E-state index in [4.69, 9.17) is 22.3 Å². The van der Waals surface area contributed by atoms with E-state index in [1.807, 2.05) is 0 Å². The molecule has 3 aromatic carbocycles. The van der Waals surface area contributed by atoms with Crippen molar-refractivity contribution < 1.29 is 19.8 Å². The van der Waals surface area contributed by atoms with Crippen LogP contribution in [0.1, 0.15) is 23.7 Å². The summed E-state index contributed by atoms with van der Waals surface area (Å²) in [5, 5.41) is 20.0. The minimum absolute atomic E-state index is 0.0553. The third kappa shape index (κ3) is 5.31. The van der Waals surface area contributed by atoms with Crippen molar-refractivity contribution in [1.29, 1.82) is 0 Å². The highest BCUT2D eigenvalue weighted by Gasteiger charge is 2.27. The third-order valence-corrected chi connectivity index (χ3v) is 6.01. The summed E-state index contributed by atoms with van der Waals surface area (Å²) in [4.78, 5) is 43.4. The standard InChI is InChI=1S/C26H23ClN4O5/c27-17-6-3-5-16(13-17)21(15-31(26(28)36)18-7-4-8-19(32)14-18)24-29-22-10-2-1-9-20(22)25(35)30(24)12-11-23(33)34/h1-10,13-14,21,32H,11-12,15H2,(H2,28,36)(H,33,34). The zero-order chi connectivity index (χ0) is 25.8. The fourth-order valence-electron chi connectivity index (χ4n) is 4.10. The van der Waals surface area contributed by atoms with Gasteiger partial charge in [0.1, 0.15) is 11.6 Å². The van der Waals surface area contributed by atoms with E-state index < -0.39 is 23.5 Å². The first kappa shape index (κ1) is 24.7. The highest BCUT2D eigenvalue weighted by atomic mass is 35.5. The molecule has 0 bridgehead atoms. The van der Waals surface area contributed by atoms with Crippen molar-refractivity contribution in [3.63, 3.8) is 0 Å². The van der Waals surface area contributed by atoms with Gasteiger partial charge in [0.15, 0.2) is 0 Å². The molecule has 9 nitrogen and oxygen atoms in total. The van der Waals surface area contributed by atoms with Crippen molar-refractivity contribution in [2.75, 3.05) is 11.4 Å². The van der Waals surface area contributed by atoms with Crippen LogP contribution < -0.4 is 16.2 Å². The zero-order valence-electron chi connectivity index (χ0n) is 19.0. The van der Waals surface area contributed by atoms with E-state index in [2.05, 4.69) is 0 Å². The van der Waals surface area contributed by atoms with Gasteiger partial charge in [0.25, 0.3) is 5.56 Å².